The van der Waals surface area contributed by atoms with Gasteiger partial charge in [0.05, 0.1) is 23.3 Å². The molecule has 4 aromatic rings. The van der Waals surface area contributed by atoms with E-state index in [1.54, 1.807) is 30.2 Å². The van der Waals surface area contributed by atoms with Gasteiger partial charge in [0.25, 0.3) is 0 Å². The summed E-state index contributed by atoms with van der Waals surface area (Å²) in [7, 11) is 1.80. The van der Waals surface area contributed by atoms with Gasteiger partial charge >= 0.3 is 0 Å². The summed E-state index contributed by atoms with van der Waals surface area (Å²) in [4.78, 5) is 8.93. The molecule has 0 unspecified atom stereocenters. The zero-order chi connectivity index (χ0) is 22.2. The maximum Gasteiger partial charge on any atom is 0.232 e. The zero-order valence-corrected chi connectivity index (χ0v) is 17.6. The van der Waals surface area contributed by atoms with Crippen molar-refractivity contribution in [3.63, 3.8) is 0 Å². The van der Waals surface area contributed by atoms with Gasteiger partial charge in [-0.2, -0.15) is 10.4 Å². The van der Waals surface area contributed by atoms with Crippen LogP contribution in [0.1, 0.15) is 37.3 Å². The number of rotatable bonds is 4. The third kappa shape index (κ3) is 3.59. The van der Waals surface area contributed by atoms with Crippen LogP contribution >= 0.6 is 0 Å². The highest BCUT2D eigenvalue weighted by atomic mass is 19.1. The summed E-state index contributed by atoms with van der Waals surface area (Å²) in [6, 6.07) is 6.91. The average molecular weight is 431 g/mol. The fourth-order valence-electron chi connectivity index (χ4n) is 4.35. The summed E-state index contributed by atoms with van der Waals surface area (Å²) in [5.41, 5.74) is 8.21. The van der Waals surface area contributed by atoms with Crippen LogP contribution in [0.4, 0.5) is 4.39 Å². The summed E-state index contributed by atoms with van der Waals surface area (Å²) >= 11 is 0. The first-order valence-electron chi connectivity index (χ1n) is 10.5. The van der Waals surface area contributed by atoms with Gasteiger partial charge in [-0.15, -0.1) is 0 Å². The Bertz CT molecular complexity index is 1330. The summed E-state index contributed by atoms with van der Waals surface area (Å²) < 4.78 is 24.3. The maximum absolute atomic E-state index is 14.5. The van der Waals surface area contributed by atoms with Crippen molar-refractivity contribution in [2.24, 2.45) is 12.8 Å². The molecule has 0 amide bonds. The second-order valence-corrected chi connectivity index (χ2v) is 8.15. The van der Waals surface area contributed by atoms with Gasteiger partial charge in [0, 0.05) is 30.9 Å². The molecule has 32 heavy (non-hydrogen) atoms. The van der Waals surface area contributed by atoms with E-state index in [9.17, 15) is 4.39 Å². The number of ether oxygens (including phenoxy) is 1. The standard InChI is InChI=1S/C23H22FN7O/c1-30-11-18(10-29-30)32-23-21-19(14-2-3-15(9-25)20(24)8-14)12-31(22(21)27-13-28-23)17-6-4-16(26)5-7-17/h2-3,8,10-13,16-17H,4-7,26H2,1H3. The number of nitrogens with zero attached hydrogens (tertiary/aromatic N) is 6. The summed E-state index contributed by atoms with van der Waals surface area (Å²) in [5, 5.41) is 13.9. The Morgan fingerprint density at radius 2 is 2.00 bits per heavy atom. The Balaban J connectivity index is 1.68. The molecule has 1 aliphatic carbocycles. The Morgan fingerprint density at radius 3 is 2.69 bits per heavy atom. The number of aryl methyl sites for hydroxylation is 1. The van der Waals surface area contributed by atoms with Gasteiger partial charge in [0.15, 0.2) is 5.75 Å². The Kier molecular flexibility index (Phi) is 5.07. The van der Waals surface area contributed by atoms with Crippen LogP contribution in [0, 0.1) is 17.1 Å². The van der Waals surface area contributed by atoms with Gasteiger partial charge in [0.1, 0.15) is 23.9 Å². The van der Waals surface area contributed by atoms with Crippen molar-refractivity contribution in [1.29, 1.82) is 5.26 Å². The summed E-state index contributed by atoms with van der Waals surface area (Å²) in [6.45, 7) is 0. The molecule has 1 fully saturated rings. The van der Waals surface area contributed by atoms with Crippen LogP contribution in [0.15, 0.2) is 43.1 Å². The van der Waals surface area contributed by atoms with Crippen LogP contribution in [-0.2, 0) is 7.05 Å². The van der Waals surface area contributed by atoms with Gasteiger partial charge in [-0.1, -0.05) is 6.07 Å². The number of hydrogen-bond acceptors (Lipinski definition) is 6. The van der Waals surface area contributed by atoms with Crippen molar-refractivity contribution in [2.45, 2.75) is 37.8 Å². The number of hydrogen-bond donors (Lipinski definition) is 1. The van der Waals surface area contributed by atoms with Crippen LogP contribution in [-0.4, -0.2) is 30.4 Å². The van der Waals surface area contributed by atoms with E-state index >= 15 is 0 Å². The largest absolute Gasteiger partial charge is 0.435 e. The van der Waals surface area contributed by atoms with Crippen LogP contribution in [0.5, 0.6) is 11.6 Å². The van der Waals surface area contributed by atoms with Crippen LogP contribution in [0.3, 0.4) is 0 Å². The van der Waals surface area contributed by atoms with Gasteiger partial charge in [-0.05, 0) is 43.4 Å². The van der Waals surface area contributed by atoms with Crippen molar-refractivity contribution >= 4 is 11.0 Å². The van der Waals surface area contributed by atoms with Crippen LogP contribution in [0.25, 0.3) is 22.2 Å². The highest BCUT2D eigenvalue weighted by Crippen LogP contribution is 2.40. The molecule has 5 rings (SSSR count). The van der Waals surface area contributed by atoms with E-state index < -0.39 is 5.82 Å². The topological polar surface area (TPSA) is 108 Å². The van der Waals surface area contributed by atoms with Crippen molar-refractivity contribution in [3.8, 4) is 28.8 Å². The first-order valence-corrected chi connectivity index (χ1v) is 10.5. The highest BCUT2D eigenvalue weighted by molar-refractivity contribution is 5.98. The van der Waals surface area contributed by atoms with E-state index in [1.807, 2.05) is 12.3 Å². The van der Waals surface area contributed by atoms with E-state index in [0.717, 1.165) is 36.9 Å². The third-order valence-electron chi connectivity index (χ3n) is 6.01. The normalized spacial score (nSPS) is 18.6. The minimum Gasteiger partial charge on any atom is -0.435 e. The van der Waals surface area contributed by atoms with E-state index in [2.05, 4.69) is 19.6 Å². The van der Waals surface area contributed by atoms with Crippen molar-refractivity contribution in [2.75, 3.05) is 0 Å². The van der Waals surface area contributed by atoms with E-state index in [4.69, 9.17) is 15.7 Å². The van der Waals surface area contributed by atoms with E-state index in [-0.39, 0.29) is 17.6 Å². The molecule has 3 aromatic heterocycles. The average Bonchev–Trinajstić information content (AvgIpc) is 3.38. The monoisotopic (exact) mass is 431 g/mol. The molecule has 0 atom stereocenters. The van der Waals surface area contributed by atoms with Crippen molar-refractivity contribution in [3.05, 3.63) is 54.5 Å². The molecule has 162 valence electrons. The lowest BCUT2D eigenvalue weighted by atomic mass is 9.92. The maximum atomic E-state index is 14.5. The molecule has 0 aliphatic heterocycles. The smallest absolute Gasteiger partial charge is 0.232 e. The van der Waals surface area contributed by atoms with Gasteiger partial charge < -0.3 is 15.0 Å². The fraction of sp³-hybridized carbons (Fsp3) is 0.304. The molecule has 2 N–H and O–H groups in total. The van der Waals surface area contributed by atoms with Crippen molar-refractivity contribution in [1.82, 2.24) is 24.3 Å². The molecule has 0 bridgehead atoms. The van der Waals surface area contributed by atoms with Crippen LogP contribution < -0.4 is 10.5 Å². The van der Waals surface area contributed by atoms with E-state index in [1.165, 1.54) is 18.5 Å². The Hall–Kier alpha value is -3.77. The molecule has 0 saturated heterocycles. The highest BCUT2D eigenvalue weighted by Gasteiger charge is 2.25. The minimum absolute atomic E-state index is 0.00170. The summed E-state index contributed by atoms with van der Waals surface area (Å²) in [5.74, 6) is 0.344. The minimum atomic E-state index is -0.568. The third-order valence-corrected chi connectivity index (χ3v) is 6.01. The number of benzene rings is 1. The molecule has 9 heteroatoms. The first kappa shape index (κ1) is 20.2. The van der Waals surface area contributed by atoms with E-state index in [0.29, 0.717) is 22.6 Å². The molecule has 0 spiro atoms. The molecular weight excluding hydrogens is 409 g/mol. The number of halogens is 1. The lowest BCUT2D eigenvalue weighted by Crippen LogP contribution is -2.27. The first-order chi connectivity index (χ1) is 15.5. The second-order valence-electron chi connectivity index (χ2n) is 8.15. The number of nitrogens with two attached hydrogens (primary N) is 1. The zero-order valence-electron chi connectivity index (χ0n) is 17.6. The van der Waals surface area contributed by atoms with Gasteiger partial charge in [-0.3, -0.25) is 4.68 Å². The SMILES string of the molecule is Cn1cc(Oc2ncnc3c2c(-c2ccc(C#N)c(F)c2)cn3C2CCC(N)CC2)cn1. The lowest BCUT2D eigenvalue weighted by Gasteiger charge is -2.27. The van der Waals surface area contributed by atoms with Crippen LogP contribution in [0.2, 0.25) is 0 Å². The number of nitriles is 1. The lowest BCUT2D eigenvalue weighted by molar-refractivity contribution is 0.329. The number of aromatic nitrogens is 5. The predicted molar refractivity (Wildman–Crippen MR) is 116 cm³/mol. The molecule has 3 heterocycles. The second kappa shape index (κ2) is 8.05. The van der Waals surface area contributed by atoms with Gasteiger partial charge in [-0.25, -0.2) is 14.4 Å². The molecule has 8 nitrogen and oxygen atoms in total. The summed E-state index contributed by atoms with van der Waals surface area (Å²) in [6.07, 6.45) is 10.6. The molecule has 1 aliphatic rings. The molecular formula is C23H22FN7O. The van der Waals surface area contributed by atoms with Gasteiger partial charge in [0.2, 0.25) is 5.88 Å². The fourth-order valence-corrected chi connectivity index (χ4v) is 4.35. The molecule has 0 radical (unpaired) electrons. The predicted octanol–water partition coefficient (Wildman–Crippen LogP) is 4.08. The Morgan fingerprint density at radius 1 is 1.19 bits per heavy atom. The quantitative estimate of drug-likeness (QED) is 0.522. The molecule has 1 aromatic carbocycles. The van der Waals surface area contributed by atoms with Crippen molar-refractivity contribution < 1.29 is 9.13 Å². The number of fused-ring (bicyclic) bond motifs is 1. The molecule has 1 saturated carbocycles. The Labute approximate surface area is 184 Å².